The maximum atomic E-state index is 6.09. The van der Waals surface area contributed by atoms with Gasteiger partial charge in [0.05, 0.1) is 19.7 Å². The van der Waals surface area contributed by atoms with Gasteiger partial charge >= 0.3 is 0 Å². The summed E-state index contributed by atoms with van der Waals surface area (Å²) in [6, 6.07) is 15.6. The van der Waals surface area contributed by atoms with E-state index in [2.05, 4.69) is 11.1 Å². The molecule has 0 saturated carbocycles. The Labute approximate surface area is 128 Å². The van der Waals surface area contributed by atoms with Gasteiger partial charge in [-0.05, 0) is 35.9 Å². The molecule has 2 aromatic rings. The first-order valence-corrected chi connectivity index (χ1v) is 7.05. The highest BCUT2D eigenvalue weighted by molar-refractivity contribution is 6.30. The number of nitrogens with zero attached hydrogens (tertiary/aromatic N) is 2. The number of benzene rings is 2. The molecule has 0 aromatic heterocycles. The van der Waals surface area contributed by atoms with Gasteiger partial charge in [-0.15, -0.1) is 0 Å². The molecule has 5 heteroatoms. The van der Waals surface area contributed by atoms with Gasteiger partial charge in [-0.3, -0.25) is 4.99 Å². The van der Waals surface area contributed by atoms with Crippen LogP contribution in [0.1, 0.15) is 11.6 Å². The lowest BCUT2D eigenvalue weighted by Crippen LogP contribution is -2.36. The highest BCUT2D eigenvalue weighted by Crippen LogP contribution is 2.33. The lowest BCUT2D eigenvalue weighted by Gasteiger charge is -2.27. The Morgan fingerprint density at radius 3 is 2.81 bits per heavy atom. The minimum atomic E-state index is 0.0542. The predicted octanol–water partition coefficient (Wildman–Crippen LogP) is 3.22. The van der Waals surface area contributed by atoms with Crippen LogP contribution in [0.25, 0.3) is 0 Å². The van der Waals surface area contributed by atoms with Gasteiger partial charge in [-0.2, -0.15) is 0 Å². The second-order valence-electron chi connectivity index (χ2n) is 4.84. The first kappa shape index (κ1) is 13.8. The minimum Gasteiger partial charge on any atom is -0.497 e. The number of methoxy groups -OCH3 is 1. The highest BCUT2D eigenvalue weighted by Gasteiger charge is 2.29. The fourth-order valence-electron chi connectivity index (χ4n) is 2.54. The average molecular weight is 302 g/mol. The summed E-state index contributed by atoms with van der Waals surface area (Å²) in [4.78, 5) is 6.37. The van der Waals surface area contributed by atoms with Gasteiger partial charge in [0.15, 0.2) is 5.96 Å². The predicted molar refractivity (Wildman–Crippen MR) is 86.2 cm³/mol. The number of ether oxygens (including phenoxy) is 1. The van der Waals surface area contributed by atoms with Gasteiger partial charge in [0, 0.05) is 10.7 Å². The number of rotatable bonds is 3. The molecule has 3 rings (SSSR count). The SMILES string of the molecule is COc1cccc(C2CN=C(N)N2c2cccc(Cl)c2)c1. The van der Waals surface area contributed by atoms with Crippen molar-refractivity contribution < 1.29 is 4.74 Å². The minimum absolute atomic E-state index is 0.0542. The van der Waals surface area contributed by atoms with Crippen LogP contribution in [-0.4, -0.2) is 19.6 Å². The van der Waals surface area contributed by atoms with Gasteiger partial charge in [-0.25, -0.2) is 0 Å². The third kappa shape index (κ3) is 2.67. The quantitative estimate of drug-likeness (QED) is 0.947. The third-order valence-electron chi connectivity index (χ3n) is 3.55. The zero-order valence-corrected chi connectivity index (χ0v) is 12.4. The maximum Gasteiger partial charge on any atom is 0.196 e. The summed E-state index contributed by atoms with van der Waals surface area (Å²) < 4.78 is 5.29. The average Bonchev–Trinajstić information content (AvgIpc) is 2.89. The van der Waals surface area contributed by atoms with Crippen LogP contribution in [-0.2, 0) is 0 Å². The number of anilines is 1. The van der Waals surface area contributed by atoms with Crippen LogP contribution in [0.3, 0.4) is 0 Å². The van der Waals surface area contributed by atoms with Gasteiger partial charge in [0.2, 0.25) is 0 Å². The van der Waals surface area contributed by atoms with E-state index in [0.717, 1.165) is 17.0 Å². The van der Waals surface area contributed by atoms with Crippen LogP contribution >= 0.6 is 11.6 Å². The first-order chi connectivity index (χ1) is 10.2. The Kier molecular flexibility index (Phi) is 3.71. The largest absolute Gasteiger partial charge is 0.497 e. The Balaban J connectivity index is 1.98. The maximum absolute atomic E-state index is 6.09. The first-order valence-electron chi connectivity index (χ1n) is 6.67. The number of halogens is 1. The molecule has 1 atom stereocenters. The summed E-state index contributed by atoms with van der Waals surface area (Å²) in [6.07, 6.45) is 0. The van der Waals surface area contributed by atoms with Gasteiger partial charge in [-0.1, -0.05) is 29.8 Å². The van der Waals surface area contributed by atoms with E-state index in [0.29, 0.717) is 17.5 Å². The molecule has 4 nitrogen and oxygen atoms in total. The molecule has 1 aliphatic heterocycles. The molecule has 108 valence electrons. The molecule has 1 unspecified atom stereocenters. The van der Waals surface area contributed by atoms with E-state index in [-0.39, 0.29) is 6.04 Å². The Hall–Kier alpha value is -2.20. The molecule has 0 fully saturated rings. The molecular weight excluding hydrogens is 286 g/mol. The topological polar surface area (TPSA) is 50.9 Å². The van der Waals surface area contributed by atoms with Crippen LogP contribution in [0, 0.1) is 0 Å². The Bertz CT molecular complexity index is 687. The van der Waals surface area contributed by atoms with E-state index in [9.17, 15) is 0 Å². The molecule has 0 amide bonds. The highest BCUT2D eigenvalue weighted by atomic mass is 35.5. The summed E-state index contributed by atoms with van der Waals surface area (Å²) in [7, 11) is 1.66. The molecular formula is C16H16ClN3O. The fraction of sp³-hybridized carbons (Fsp3) is 0.188. The normalized spacial score (nSPS) is 17.7. The molecule has 0 bridgehead atoms. The standard InChI is InChI=1S/C16H16ClN3O/c1-21-14-7-2-4-11(8-14)15-10-19-16(18)20(15)13-6-3-5-12(17)9-13/h2-9,15H,10H2,1H3,(H2,18,19). The monoisotopic (exact) mass is 301 g/mol. The zero-order valence-electron chi connectivity index (χ0n) is 11.7. The second kappa shape index (κ2) is 5.66. The molecule has 2 aromatic carbocycles. The molecule has 0 radical (unpaired) electrons. The molecule has 0 aliphatic carbocycles. The van der Waals surface area contributed by atoms with Crippen LogP contribution in [0.15, 0.2) is 53.5 Å². The summed E-state index contributed by atoms with van der Waals surface area (Å²) in [5.41, 5.74) is 8.11. The van der Waals surface area contributed by atoms with Gasteiger partial charge in [0.25, 0.3) is 0 Å². The van der Waals surface area contributed by atoms with E-state index in [1.165, 1.54) is 0 Å². The number of aliphatic imine (C=N–C) groups is 1. The van der Waals surface area contributed by atoms with Crippen molar-refractivity contribution in [1.29, 1.82) is 0 Å². The number of hydrogen-bond acceptors (Lipinski definition) is 4. The van der Waals surface area contributed by atoms with Crippen LogP contribution in [0.2, 0.25) is 5.02 Å². The van der Waals surface area contributed by atoms with Crippen LogP contribution in [0.5, 0.6) is 5.75 Å². The summed E-state index contributed by atoms with van der Waals surface area (Å²) in [5.74, 6) is 1.33. The fourth-order valence-corrected chi connectivity index (χ4v) is 2.72. The third-order valence-corrected chi connectivity index (χ3v) is 3.78. The molecule has 0 saturated heterocycles. The molecule has 0 spiro atoms. The molecule has 21 heavy (non-hydrogen) atoms. The molecule has 2 N–H and O–H groups in total. The van der Waals surface area contributed by atoms with Crippen molar-refractivity contribution in [3.63, 3.8) is 0 Å². The van der Waals surface area contributed by atoms with Crippen LogP contribution in [0.4, 0.5) is 5.69 Å². The Morgan fingerprint density at radius 2 is 2.05 bits per heavy atom. The Morgan fingerprint density at radius 1 is 1.24 bits per heavy atom. The molecule has 1 aliphatic rings. The molecule has 1 heterocycles. The van der Waals surface area contributed by atoms with Crippen molar-refractivity contribution in [2.45, 2.75) is 6.04 Å². The lowest BCUT2D eigenvalue weighted by atomic mass is 10.1. The van der Waals surface area contributed by atoms with E-state index < -0.39 is 0 Å². The van der Waals surface area contributed by atoms with Gasteiger partial charge < -0.3 is 15.4 Å². The van der Waals surface area contributed by atoms with Crippen molar-refractivity contribution >= 4 is 23.2 Å². The zero-order chi connectivity index (χ0) is 14.8. The van der Waals surface area contributed by atoms with Crippen molar-refractivity contribution in [1.82, 2.24) is 0 Å². The lowest BCUT2D eigenvalue weighted by molar-refractivity contribution is 0.414. The van der Waals surface area contributed by atoms with E-state index in [1.54, 1.807) is 7.11 Å². The van der Waals surface area contributed by atoms with Gasteiger partial charge in [0.1, 0.15) is 5.75 Å². The van der Waals surface area contributed by atoms with Crippen molar-refractivity contribution in [2.75, 3.05) is 18.6 Å². The van der Waals surface area contributed by atoms with Crippen molar-refractivity contribution in [3.05, 3.63) is 59.1 Å². The van der Waals surface area contributed by atoms with Crippen molar-refractivity contribution in [3.8, 4) is 5.75 Å². The summed E-state index contributed by atoms with van der Waals surface area (Å²) in [6.45, 7) is 0.617. The summed E-state index contributed by atoms with van der Waals surface area (Å²) >= 11 is 6.09. The summed E-state index contributed by atoms with van der Waals surface area (Å²) in [5, 5.41) is 0.677. The van der Waals surface area contributed by atoms with E-state index >= 15 is 0 Å². The number of nitrogens with two attached hydrogens (primary N) is 1. The van der Waals surface area contributed by atoms with Crippen LogP contribution < -0.4 is 15.4 Å². The van der Waals surface area contributed by atoms with E-state index in [1.807, 2.05) is 47.4 Å². The van der Waals surface area contributed by atoms with E-state index in [4.69, 9.17) is 22.1 Å². The number of guanidine groups is 1. The van der Waals surface area contributed by atoms with Crippen molar-refractivity contribution in [2.24, 2.45) is 10.7 Å². The number of hydrogen-bond donors (Lipinski definition) is 1. The smallest absolute Gasteiger partial charge is 0.196 e. The second-order valence-corrected chi connectivity index (χ2v) is 5.28.